The Kier molecular flexibility index (Phi) is 2.88. The molecule has 3 heteroatoms. The highest BCUT2D eigenvalue weighted by Gasteiger charge is 2.14. The van der Waals surface area contributed by atoms with E-state index in [1.807, 2.05) is 13.8 Å². The number of rotatable bonds is 2. The van der Waals surface area contributed by atoms with Crippen LogP contribution in [-0.4, -0.2) is 6.04 Å². The Balaban J connectivity index is 3.01. The van der Waals surface area contributed by atoms with E-state index < -0.39 is 0 Å². The molecule has 0 aromatic heterocycles. The summed E-state index contributed by atoms with van der Waals surface area (Å²) in [6, 6.07) is 4.66. The molecule has 1 aromatic rings. The van der Waals surface area contributed by atoms with Crippen LogP contribution in [0.1, 0.15) is 25.3 Å². The average Bonchev–Trinajstić information content (AvgIpc) is 2.03. The Morgan fingerprint density at radius 2 is 1.92 bits per heavy atom. The van der Waals surface area contributed by atoms with Gasteiger partial charge in [-0.1, -0.05) is 13.0 Å². The summed E-state index contributed by atoms with van der Waals surface area (Å²) in [5, 5.41) is 0. The van der Waals surface area contributed by atoms with Gasteiger partial charge < -0.3 is 11.5 Å². The molecule has 0 aliphatic heterocycles. The van der Waals surface area contributed by atoms with Crippen LogP contribution in [0.2, 0.25) is 0 Å². The van der Waals surface area contributed by atoms with Gasteiger partial charge in [0.05, 0.1) is 0 Å². The van der Waals surface area contributed by atoms with Gasteiger partial charge >= 0.3 is 0 Å². The SMILES string of the molecule is CC(N)C(C)c1ccc(N)cc1F. The summed E-state index contributed by atoms with van der Waals surface area (Å²) in [5.41, 5.74) is 12.2. The number of nitrogen functional groups attached to an aromatic ring is 1. The minimum Gasteiger partial charge on any atom is -0.399 e. The number of hydrogen-bond acceptors (Lipinski definition) is 2. The smallest absolute Gasteiger partial charge is 0.128 e. The molecule has 0 amide bonds. The van der Waals surface area contributed by atoms with Crippen molar-refractivity contribution in [1.29, 1.82) is 0 Å². The lowest BCUT2D eigenvalue weighted by Gasteiger charge is -2.16. The number of benzene rings is 1. The fourth-order valence-electron chi connectivity index (χ4n) is 1.20. The lowest BCUT2D eigenvalue weighted by Crippen LogP contribution is -2.23. The molecule has 0 radical (unpaired) electrons. The normalized spacial score (nSPS) is 15.4. The maximum Gasteiger partial charge on any atom is 0.128 e. The van der Waals surface area contributed by atoms with E-state index in [1.54, 1.807) is 12.1 Å². The topological polar surface area (TPSA) is 52.0 Å². The largest absolute Gasteiger partial charge is 0.399 e. The second kappa shape index (κ2) is 3.75. The van der Waals surface area contributed by atoms with Crippen LogP contribution in [0.3, 0.4) is 0 Å². The zero-order valence-electron chi connectivity index (χ0n) is 7.92. The fraction of sp³-hybridized carbons (Fsp3) is 0.400. The summed E-state index contributed by atoms with van der Waals surface area (Å²) < 4.78 is 13.3. The van der Waals surface area contributed by atoms with Crippen LogP contribution in [0.4, 0.5) is 10.1 Å². The third-order valence-electron chi connectivity index (χ3n) is 2.30. The van der Waals surface area contributed by atoms with E-state index in [0.717, 1.165) is 0 Å². The zero-order valence-corrected chi connectivity index (χ0v) is 7.92. The van der Waals surface area contributed by atoms with Crippen molar-refractivity contribution in [3.8, 4) is 0 Å². The highest BCUT2D eigenvalue weighted by Crippen LogP contribution is 2.22. The first-order valence-corrected chi connectivity index (χ1v) is 4.33. The zero-order chi connectivity index (χ0) is 10.0. The van der Waals surface area contributed by atoms with E-state index in [0.29, 0.717) is 11.3 Å². The molecule has 1 aromatic carbocycles. The molecule has 4 N–H and O–H groups in total. The van der Waals surface area contributed by atoms with E-state index in [4.69, 9.17) is 11.5 Å². The Hall–Kier alpha value is -1.09. The van der Waals surface area contributed by atoms with Crippen LogP contribution in [-0.2, 0) is 0 Å². The molecule has 0 spiro atoms. The summed E-state index contributed by atoms with van der Waals surface area (Å²) in [6.45, 7) is 3.76. The maximum absolute atomic E-state index is 13.3. The molecular weight excluding hydrogens is 167 g/mol. The van der Waals surface area contributed by atoms with Crippen LogP contribution in [0, 0.1) is 5.82 Å². The first kappa shape index (κ1) is 9.99. The van der Waals surface area contributed by atoms with Gasteiger partial charge in [-0.3, -0.25) is 0 Å². The first-order chi connectivity index (χ1) is 6.02. The Morgan fingerprint density at radius 1 is 1.31 bits per heavy atom. The summed E-state index contributed by atoms with van der Waals surface area (Å²) in [5.74, 6) is -0.259. The van der Waals surface area contributed by atoms with Crippen LogP contribution < -0.4 is 11.5 Å². The number of anilines is 1. The van der Waals surface area contributed by atoms with E-state index in [9.17, 15) is 4.39 Å². The van der Waals surface area contributed by atoms with Crippen molar-refractivity contribution >= 4 is 5.69 Å². The van der Waals surface area contributed by atoms with Crippen LogP contribution in [0.25, 0.3) is 0 Å². The average molecular weight is 182 g/mol. The second-order valence-electron chi connectivity index (χ2n) is 3.43. The molecule has 0 saturated carbocycles. The van der Waals surface area contributed by atoms with E-state index in [1.165, 1.54) is 6.07 Å². The molecule has 72 valence electrons. The molecule has 0 aliphatic carbocycles. The number of nitrogens with two attached hydrogens (primary N) is 2. The first-order valence-electron chi connectivity index (χ1n) is 4.33. The fourth-order valence-corrected chi connectivity index (χ4v) is 1.20. The summed E-state index contributed by atoms with van der Waals surface area (Å²) in [7, 11) is 0. The second-order valence-corrected chi connectivity index (χ2v) is 3.43. The monoisotopic (exact) mass is 182 g/mol. The predicted molar refractivity (Wildman–Crippen MR) is 52.9 cm³/mol. The summed E-state index contributed by atoms with van der Waals surface area (Å²) in [6.07, 6.45) is 0. The third kappa shape index (κ3) is 2.18. The van der Waals surface area contributed by atoms with Gasteiger partial charge in [0, 0.05) is 11.7 Å². The maximum atomic E-state index is 13.3. The van der Waals surface area contributed by atoms with Crippen molar-refractivity contribution in [1.82, 2.24) is 0 Å². The van der Waals surface area contributed by atoms with Crippen molar-refractivity contribution < 1.29 is 4.39 Å². The minimum absolute atomic E-state index is 0.0144. The lowest BCUT2D eigenvalue weighted by molar-refractivity contribution is 0.550. The molecule has 0 aliphatic rings. The van der Waals surface area contributed by atoms with Crippen molar-refractivity contribution in [2.75, 3.05) is 5.73 Å². The standard InChI is InChI=1S/C10H15FN2/c1-6(7(2)12)9-4-3-8(13)5-10(9)11/h3-7H,12-13H2,1-2H3. The predicted octanol–water partition coefficient (Wildman–Crippen LogP) is 1.86. The van der Waals surface area contributed by atoms with Gasteiger partial charge in [0.1, 0.15) is 5.82 Å². The van der Waals surface area contributed by atoms with Crippen LogP contribution in [0.5, 0.6) is 0 Å². The van der Waals surface area contributed by atoms with Crippen molar-refractivity contribution in [3.05, 3.63) is 29.6 Å². The molecule has 2 atom stereocenters. The van der Waals surface area contributed by atoms with E-state index in [-0.39, 0.29) is 17.8 Å². The van der Waals surface area contributed by atoms with Gasteiger partial charge in [-0.05, 0) is 30.5 Å². The van der Waals surface area contributed by atoms with Crippen LogP contribution in [0.15, 0.2) is 18.2 Å². The molecule has 0 saturated heterocycles. The summed E-state index contributed by atoms with van der Waals surface area (Å²) >= 11 is 0. The van der Waals surface area contributed by atoms with Gasteiger partial charge in [0.25, 0.3) is 0 Å². The Morgan fingerprint density at radius 3 is 2.38 bits per heavy atom. The highest BCUT2D eigenvalue weighted by atomic mass is 19.1. The van der Waals surface area contributed by atoms with Gasteiger partial charge in [-0.15, -0.1) is 0 Å². The summed E-state index contributed by atoms with van der Waals surface area (Å²) in [4.78, 5) is 0. The van der Waals surface area contributed by atoms with Crippen molar-refractivity contribution in [3.63, 3.8) is 0 Å². The van der Waals surface area contributed by atoms with Gasteiger partial charge in [-0.25, -0.2) is 4.39 Å². The third-order valence-corrected chi connectivity index (χ3v) is 2.30. The molecule has 0 heterocycles. The number of hydrogen-bond donors (Lipinski definition) is 2. The molecule has 2 nitrogen and oxygen atoms in total. The van der Waals surface area contributed by atoms with Crippen molar-refractivity contribution in [2.45, 2.75) is 25.8 Å². The van der Waals surface area contributed by atoms with Crippen molar-refractivity contribution in [2.24, 2.45) is 5.73 Å². The van der Waals surface area contributed by atoms with Crippen LogP contribution >= 0.6 is 0 Å². The minimum atomic E-state index is -0.273. The number of halogens is 1. The molecule has 1 rings (SSSR count). The Labute approximate surface area is 77.7 Å². The highest BCUT2D eigenvalue weighted by molar-refractivity contribution is 5.41. The van der Waals surface area contributed by atoms with Gasteiger partial charge in [-0.2, -0.15) is 0 Å². The molecular formula is C10H15FN2. The van der Waals surface area contributed by atoms with E-state index >= 15 is 0 Å². The Bertz CT molecular complexity index is 297. The van der Waals surface area contributed by atoms with Gasteiger partial charge in [0.2, 0.25) is 0 Å². The lowest BCUT2D eigenvalue weighted by atomic mass is 9.94. The molecule has 13 heavy (non-hydrogen) atoms. The molecule has 2 unspecified atom stereocenters. The van der Waals surface area contributed by atoms with Gasteiger partial charge in [0.15, 0.2) is 0 Å². The molecule has 0 fully saturated rings. The van der Waals surface area contributed by atoms with E-state index in [2.05, 4.69) is 0 Å². The molecule has 0 bridgehead atoms. The quantitative estimate of drug-likeness (QED) is 0.686.